The zero-order valence-corrected chi connectivity index (χ0v) is 17.4. The number of rotatable bonds is 8. The Hall–Kier alpha value is -2.41. The van der Waals surface area contributed by atoms with Crippen LogP contribution in [0, 0.1) is 0 Å². The van der Waals surface area contributed by atoms with Gasteiger partial charge in [-0.15, -0.1) is 11.3 Å². The maximum Gasteiger partial charge on any atom is 0.224 e. The Morgan fingerprint density at radius 1 is 1.21 bits per heavy atom. The molecule has 2 N–H and O–H groups in total. The average molecular weight is 414 g/mol. The molecule has 2 aliphatic rings. The van der Waals surface area contributed by atoms with Crippen LogP contribution < -0.4 is 15.4 Å². The normalized spacial score (nSPS) is 15.2. The van der Waals surface area contributed by atoms with Crippen LogP contribution in [0.1, 0.15) is 53.2 Å². The highest BCUT2D eigenvalue weighted by molar-refractivity contribution is 7.11. The number of hydrogen-bond acceptors (Lipinski definition) is 5. The van der Waals surface area contributed by atoms with Crippen molar-refractivity contribution in [2.24, 2.45) is 0 Å². The number of carbonyl (C=O) groups excluding carboxylic acids is 2. The van der Waals surface area contributed by atoms with Crippen LogP contribution in [-0.2, 0) is 35.3 Å². The van der Waals surface area contributed by atoms with Crippen molar-refractivity contribution < 1.29 is 14.3 Å². The van der Waals surface area contributed by atoms with Crippen molar-refractivity contribution in [1.29, 1.82) is 0 Å². The van der Waals surface area contributed by atoms with E-state index in [1.807, 2.05) is 29.5 Å². The fourth-order valence-corrected chi connectivity index (χ4v) is 4.94. The number of benzene rings is 1. The number of amides is 2. The fourth-order valence-electron chi connectivity index (χ4n) is 3.78. The summed E-state index contributed by atoms with van der Waals surface area (Å²) in [6, 6.07) is 5.71. The van der Waals surface area contributed by atoms with E-state index in [1.54, 1.807) is 0 Å². The number of carbonyl (C=O) groups is 2. The number of aryl methyl sites for hydroxylation is 3. The molecule has 1 aromatic carbocycles. The standard InChI is InChI=1S/C22H27N3O3S/c26-20(23-12-11-22-25-18-4-1-2-5-19(18)29-22)6-3-13-28-16-8-9-17-15(14-16)7-10-21(27)24-17/h8-9,14H,1-7,10-13H2,(H,23,26)(H,24,27). The first-order chi connectivity index (χ1) is 14.2. The highest BCUT2D eigenvalue weighted by Gasteiger charge is 2.16. The molecule has 0 radical (unpaired) electrons. The van der Waals surface area contributed by atoms with Crippen molar-refractivity contribution in [3.63, 3.8) is 0 Å². The predicted octanol–water partition coefficient (Wildman–Crippen LogP) is 3.42. The molecule has 154 valence electrons. The third kappa shape index (κ3) is 5.35. The Labute approximate surface area is 175 Å². The minimum atomic E-state index is 0.0584. The number of fused-ring (bicyclic) bond motifs is 2. The third-order valence-corrected chi connectivity index (χ3v) is 6.56. The summed E-state index contributed by atoms with van der Waals surface area (Å²) in [7, 11) is 0. The molecule has 0 saturated heterocycles. The van der Waals surface area contributed by atoms with Gasteiger partial charge in [0.1, 0.15) is 5.75 Å². The fraction of sp³-hybridized carbons (Fsp3) is 0.500. The zero-order chi connectivity index (χ0) is 20.1. The smallest absolute Gasteiger partial charge is 0.224 e. The lowest BCUT2D eigenvalue weighted by Crippen LogP contribution is -2.25. The summed E-state index contributed by atoms with van der Waals surface area (Å²) >= 11 is 1.81. The Bertz CT molecular complexity index is 870. The molecule has 1 aromatic heterocycles. The first kappa shape index (κ1) is 19.9. The van der Waals surface area contributed by atoms with E-state index in [4.69, 9.17) is 9.72 Å². The predicted molar refractivity (Wildman–Crippen MR) is 114 cm³/mol. The van der Waals surface area contributed by atoms with Gasteiger partial charge in [0.2, 0.25) is 11.8 Å². The molecule has 0 atom stereocenters. The van der Waals surface area contributed by atoms with Gasteiger partial charge >= 0.3 is 0 Å². The molecule has 29 heavy (non-hydrogen) atoms. The van der Waals surface area contributed by atoms with E-state index in [-0.39, 0.29) is 11.8 Å². The number of nitrogens with one attached hydrogen (secondary N) is 2. The van der Waals surface area contributed by atoms with Gasteiger partial charge in [-0.2, -0.15) is 0 Å². The summed E-state index contributed by atoms with van der Waals surface area (Å²) in [5, 5.41) is 6.99. The van der Waals surface area contributed by atoms with Crippen molar-refractivity contribution in [3.05, 3.63) is 39.3 Å². The molecule has 1 aliphatic heterocycles. The van der Waals surface area contributed by atoms with Crippen LogP contribution in [0.5, 0.6) is 5.75 Å². The summed E-state index contributed by atoms with van der Waals surface area (Å²) in [4.78, 5) is 29.6. The lowest BCUT2D eigenvalue weighted by atomic mass is 10.0. The maximum atomic E-state index is 12.0. The van der Waals surface area contributed by atoms with Gasteiger partial charge in [-0.05, 0) is 62.3 Å². The Kier molecular flexibility index (Phi) is 6.44. The van der Waals surface area contributed by atoms with Crippen LogP contribution in [0.15, 0.2) is 18.2 Å². The number of thiazole rings is 1. The second-order valence-corrected chi connectivity index (χ2v) is 8.77. The second kappa shape index (κ2) is 9.39. The minimum absolute atomic E-state index is 0.0584. The van der Waals surface area contributed by atoms with E-state index in [0.717, 1.165) is 47.7 Å². The summed E-state index contributed by atoms with van der Waals surface area (Å²) < 4.78 is 5.77. The SMILES string of the molecule is O=C(CCCOc1ccc2c(c1)CCC(=O)N2)NCCc1nc2c(s1)CCCC2. The third-order valence-electron chi connectivity index (χ3n) is 5.34. The summed E-state index contributed by atoms with van der Waals surface area (Å²) in [6.07, 6.45) is 7.98. The van der Waals surface area contributed by atoms with Gasteiger partial charge in [-0.3, -0.25) is 9.59 Å². The van der Waals surface area contributed by atoms with Crippen molar-refractivity contribution in [2.45, 2.75) is 57.8 Å². The molecule has 2 amide bonds. The van der Waals surface area contributed by atoms with E-state index in [9.17, 15) is 9.59 Å². The molecule has 0 saturated carbocycles. The zero-order valence-electron chi connectivity index (χ0n) is 16.6. The molecular formula is C22H27N3O3S. The van der Waals surface area contributed by atoms with Crippen LogP contribution >= 0.6 is 11.3 Å². The van der Waals surface area contributed by atoms with Crippen LogP contribution in [0.3, 0.4) is 0 Å². The van der Waals surface area contributed by atoms with Crippen LogP contribution in [0.2, 0.25) is 0 Å². The van der Waals surface area contributed by atoms with Gasteiger partial charge in [0.15, 0.2) is 0 Å². The van der Waals surface area contributed by atoms with Gasteiger partial charge in [-0.1, -0.05) is 0 Å². The van der Waals surface area contributed by atoms with E-state index in [1.165, 1.54) is 23.4 Å². The van der Waals surface area contributed by atoms with Crippen molar-refractivity contribution >= 4 is 28.8 Å². The number of aromatic nitrogens is 1. The number of hydrogen-bond donors (Lipinski definition) is 2. The summed E-state index contributed by atoms with van der Waals surface area (Å²) in [6.45, 7) is 1.14. The summed E-state index contributed by atoms with van der Waals surface area (Å²) in [5.74, 6) is 0.905. The molecule has 0 unspecified atom stereocenters. The van der Waals surface area contributed by atoms with Crippen molar-refractivity contribution in [1.82, 2.24) is 10.3 Å². The van der Waals surface area contributed by atoms with Gasteiger partial charge in [-0.25, -0.2) is 4.98 Å². The summed E-state index contributed by atoms with van der Waals surface area (Å²) in [5.41, 5.74) is 3.25. The number of nitrogens with zero attached hydrogens (tertiary/aromatic N) is 1. The topological polar surface area (TPSA) is 80.3 Å². The van der Waals surface area contributed by atoms with Crippen LogP contribution in [-0.4, -0.2) is 29.9 Å². The first-order valence-electron chi connectivity index (χ1n) is 10.5. The number of anilines is 1. The monoisotopic (exact) mass is 413 g/mol. The van der Waals surface area contributed by atoms with E-state index in [0.29, 0.717) is 32.4 Å². The van der Waals surface area contributed by atoms with Crippen LogP contribution in [0.25, 0.3) is 0 Å². The molecule has 0 bridgehead atoms. The molecule has 4 rings (SSSR count). The molecule has 0 fully saturated rings. The Morgan fingerprint density at radius 2 is 2.10 bits per heavy atom. The van der Waals surface area contributed by atoms with Crippen LogP contribution in [0.4, 0.5) is 5.69 Å². The Balaban J connectivity index is 1.12. The van der Waals surface area contributed by atoms with Gasteiger partial charge < -0.3 is 15.4 Å². The second-order valence-electron chi connectivity index (χ2n) is 7.60. The average Bonchev–Trinajstić information content (AvgIpc) is 3.14. The van der Waals surface area contributed by atoms with E-state index in [2.05, 4.69) is 10.6 Å². The lowest BCUT2D eigenvalue weighted by Gasteiger charge is -2.17. The first-order valence-corrected chi connectivity index (χ1v) is 11.3. The van der Waals surface area contributed by atoms with Crippen molar-refractivity contribution in [2.75, 3.05) is 18.5 Å². The quantitative estimate of drug-likeness (QED) is 0.650. The molecule has 0 spiro atoms. The van der Waals surface area contributed by atoms with Crippen molar-refractivity contribution in [3.8, 4) is 5.75 Å². The van der Waals surface area contributed by atoms with E-state index >= 15 is 0 Å². The van der Waals surface area contributed by atoms with Gasteiger partial charge in [0.05, 0.1) is 17.3 Å². The Morgan fingerprint density at radius 3 is 3.00 bits per heavy atom. The molecule has 2 aromatic rings. The largest absolute Gasteiger partial charge is 0.494 e. The minimum Gasteiger partial charge on any atom is -0.494 e. The molecule has 2 heterocycles. The van der Waals surface area contributed by atoms with Gasteiger partial charge in [0.25, 0.3) is 0 Å². The highest BCUT2D eigenvalue weighted by Crippen LogP contribution is 2.27. The molecule has 6 nitrogen and oxygen atoms in total. The lowest BCUT2D eigenvalue weighted by molar-refractivity contribution is -0.121. The molecule has 1 aliphatic carbocycles. The highest BCUT2D eigenvalue weighted by atomic mass is 32.1. The molecule has 7 heteroatoms. The van der Waals surface area contributed by atoms with E-state index < -0.39 is 0 Å². The maximum absolute atomic E-state index is 12.0. The molecular weight excluding hydrogens is 386 g/mol. The number of ether oxygens (including phenoxy) is 1. The van der Waals surface area contributed by atoms with Gasteiger partial charge in [0, 0.05) is 36.4 Å².